The predicted octanol–water partition coefficient (Wildman–Crippen LogP) is 3.72. The minimum atomic E-state index is -0.726. The number of fused-ring (bicyclic) bond motifs is 1. The number of imide groups is 2. The van der Waals surface area contributed by atoms with Crippen LogP contribution in [0.5, 0.6) is 5.75 Å². The van der Waals surface area contributed by atoms with Crippen LogP contribution in [0.2, 0.25) is 0 Å². The van der Waals surface area contributed by atoms with Crippen LogP contribution >= 0.6 is 0 Å². The van der Waals surface area contributed by atoms with Gasteiger partial charge in [0.1, 0.15) is 11.3 Å². The van der Waals surface area contributed by atoms with Crippen LogP contribution in [0.15, 0.2) is 60.3 Å². The monoisotopic (exact) mass is 417 g/mol. The number of barbiturate groups is 1. The van der Waals surface area contributed by atoms with Gasteiger partial charge in [-0.15, -0.1) is 0 Å². The summed E-state index contributed by atoms with van der Waals surface area (Å²) >= 11 is 0. The number of para-hydroxylation sites is 1. The van der Waals surface area contributed by atoms with E-state index in [1.54, 1.807) is 37.5 Å². The maximum atomic E-state index is 13.1. The van der Waals surface area contributed by atoms with Gasteiger partial charge in [-0.3, -0.25) is 19.8 Å². The van der Waals surface area contributed by atoms with Crippen molar-refractivity contribution in [2.24, 2.45) is 0 Å². The molecule has 0 atom stereocenters. The SMILES string of the molecule is CCCn1cc(/C=C2\C(=O)NC(=O)N(Cc3ccc(OC)cc3)C2=O)c2ccccc21. The van der Waals surface area contributed by atoms with Crippen LogP contribution in [0.3, 0.4) is 0 Å². The maximum Gasteiger partial charge on any atom is 0.331 e. The molecule has 7 heteroatoms. The molecule has 0 saturated carbocycles. The van der Waals surface area contributed by atoms with Gasteiger partial charge in [-0.25, -0.2) is 4.79 Å². The number of carbonyl (C=O) groups excluding carboxylic acids is 3. The molecule has 0 spiro atoms. The van der Waals surface area contributed by atoms with E-state index in [-0.39, 0.29) is 12.1 Å². The third-order valence-corrected chi connectivity index (χ3v) is 5.27. The van der Waals surface area contributed by atoms with Crippen LogP contribution in [-0.4, -0.2) is 34.4 Å². The molecule has 1 aliphatic heterocycles. The number of carbonyl (C=O) groups is 3. The van der Waals surface area contributed by atoms with Crippen molar-refractivity contribution in [2.45, 2.75) is 26.4 Å². The first-order valence-corrected chi connectivity index (χ1v) is 10.1. The number of hydrogen-bond acceptors (Lipinski definition) is 4. The number of aromatic nitrogens is 1. The summed E-state index contributed by atoms with van der Waals surface area (Å²) in [6.07, 6.45) is 4.46. The van der Waals surface area contributed by atoms with Crippen molar-refractivity contribution >= 4 is 34.8 Å². The molecular weight excluding hydrogens is 394 g/mol. The van der Waals surface area contributed by atoms with Crippen molar-refractivity contribution < 1.29 is 19.1 Å². The van der Waals surface area contributed by atoms with E-state index in [2.05, 4.69) is 16.8 Å². The number of aryl methyl sites for hydroxylation is 1. The van der Waals surface area contributed by atoms with E-state index in [4.69, 9.17) is 4.74 Å². The van der Waals surface area contributed by atoms with Gasteiger partial charge in [0.05, 0.1) is 13.7 Å². The first-order valence-electron chi connectivity index (χ1n) is 10.1. The van der Waals surface area contributed by atoms with E-state index in [1.807, 2.05) is 30.5 Å². The van der Waals surface area contributed by atoms with Gasteiger partial charge in [0, 0.05) is 29.2 Å². The molecule has 0 bridgehead atoms. The van der Waals surface area contributed by atoms with Crippen molar-refractivity contribution in [3.63, 3.8) is 0 Å². The molecule has 1 saturated heterocycles. The van der Waals surface area contributed by atoms with E-state index in [1.165, 1.54) is 0 Å². The molecule has 4 amide bonds. The first kappa shape index (κ1) is 20.4. The zero-order chi connectivity index (χ0) is 22.0. The molecule has 2 aromatic carbocycles. The van der Waals surface area contributed by atoms with Gasteiger partial charge in [0.15, 0.2) is 0 Å². The summed E-state index contributed by atoms with van der Waals surface area (Å²) in [5, 5.41) is 3.23. The van der Waals surface area contributed by atoms with Gasteiger partial charge in [-0.1, -0.05) is 37.3 Å². The summed E-state index contributed by atoms with van der Waals surface area (Å²) in [5.41, 5.74) is 2.48. The van der Waals surface area contributed by atoms with Crippen molar-refractivity contribution in [3.05, 3.63) is 71.4 Å². The molecule has 0 radical (unpaired) electrons. The van der Waals surface area contributed by atoms with Crippen molar-refractivity contribution in [2.75, 3.05) is 7.11 Å². The summed E-state index contributed by atoms with van der Waals surface area (Å²) in [5.74, 6) is -0.623. The molecular formula is C24H23N3O4. The Bertz CT molecular complexity index is 1190. The Hall–Kier alpha value is -3.87. The predicted molar refractivity (Wildman–Crippen MR) is 117 cm³/mol. The Morgan fingerprint density at radius 1 is 1.03 bits per heavy atom. The second kappa shape index (κ2) is 8.47. The average molecular weight is 417 g/mol. The second-order valence-electron chi connectivity index (χ2n) is 7.35. The molecule has 7 nitrogen and oxygen atoms in total. The molecule has 2 heterocycles. The zero-order valence-electron chi connectivity index (χ0n) is 17.4. The summed E-state index contributed by atoms with van der Waals surface area (Å²) < 4.78 is 7.24. The van der Waals surface area contributed by atoms with Crippen molar-refractivity contribution in [1.82, 2.24) is 14.8 Å². The number of nitrogens with one attached hydrogen (secondary N) is 1. The lowest BCUT2D eigenvalue weighted by Crippen LogP contribution is -2.53. The molecule has 158 valence electrons. The molecule has 3 aromatic rings. The Balaban J connectivity index is 1.68. The van der Waals surface area contributed by atoms with Crippen LogP contribution in [0.1, 0.15) is 24.5 Å². The second-order valence-corrected chi connectivity index (χ2v) is 7.35. The fourth-order valence-corrected chi connectivity index (χ4v) is 3.72. The van der Waals surface area contributed by atoms with E-state index in [0.29, 0.717) is 5.75 Å². The smallest absolute Gasteiger partial charge is 0.331 e. The number of hydrogen-bond donors (Lipinski definition) is 1. The molecule has 1 aliphatic rings. The third kappa shape index (κ3) is 3.94. The number of benzene rings is 2. The number of ether oxygens (including phenoxy) is 1. The maximum absolute atomic E-state index is 13.1. The van der Waals surface area contributed by atoms with Crippen LogP contribution in [0.4, 0.5) is 4.79 Å². The number of amides is 4. The van der Waals surface area contributed by atoms with Gasteiger partial charge in [-0.2, -0.15) is 0 Å². The highest BCUT2D eigenvalue weighted by atomic mass is 16.5. The van der Waals surface area contributed by atoms with E-state index in [9.17, 15) is 14.4 Å². The minimum absolute atomic E-state index is 0.0525. The Kier molecular flexibility index (Phi) is 5.58. The van der Waals surface area contributed by atoms with Crippen LogP contribution < -0.4 is 10.1 Å². The van der Waals surface area contributed by atoms with Gasteiger partial charge in [0.2, 0.25) is 0 Å². The van der Waals surface area contributed by atoms with Crippen LogP contribution in [0, 0.1) is 0 Å². The number of methoxy groups -OCH3 is 1. The average Bonchev–Trinajstić information content (AvgIpc) is 3.12. The standard InChI is InChI=1S/C24H23N3O4/c1-3-12-26-15-17(19-6-4-5-7-21(19)26)13-20-22(28)25-24(30)27(23(20)29)14-16-8-10-18(31-2)11-9-16/h4-11,13,15H,3,12,14H2,1-2H3,(H,25,28,30)/b20-13+. The topological polar surface area (TPSA) is 80.6 Å². The number of nitrogens with zero attached hydrogens (tertiary/aromatic N) is 2. The third-order valence-electron chi connectivity index (χ3n) is 5.27. The van der Waals surface area contributed by atoms with Gasteiger partial charge >= 0.3 is 6.03 Å². The fraction of sp³-hybridized carbons (Fsp3) is 0.208. The van der Waals surface area contributed by atoms with E-state index in [0.717, 1.165) is 39.9 Å². The molecule has 0 unspecified atom stereocenters. The molecule has 0 aliphatic carbocycles. The Morgan fingerprint density at radius 3 is 2.48 bits per heavy atom. The van der Waals surface area contributed by atoms with Crippen LogP contribution in [-0.2, 0) is 22.7 Å². The lowest BCUT2D eigenvalue weighted by atomic mass is 10.1. The van der Waals surface area contributed by atoms with Gasteiger partial charge in [0.25, 0.3) is 11.8 Å². The summed E-state index contributed by atoms with van der Waals surface area (Å²) in [6.45, 7) is 2.97. The Labute approximate surface area is 179 Å². The van der Waals surface area contributed by atoms with Crippen molar-refractivity contribution in [3.8, 4) is 5.75 Å². The van der Waals surface area contributed by atoms with Gasteiger partial charge < -0.3 is 9.30 Å². The zero-order valence-corrected chi connectivity index (χ0v) is 17.4. The largest absolute Gasteiger partial charge is 0.497 e. The fourth-order valence-electron chi connectivity index (χ4n) is 3.72. The first-order chi connectivity index (χ1) is 15.0. The van der Waals surface area contributed by atoms with E-state index < -0.39 is 17.8 Å². The summed E-state index contributed by atoms with van der Waals surface area (Å²) in [6, 6.07) is 14.2. The highest BCUT2D eigenvalue weighted by molar-refractivity contribution is 6.31. The van der Waals surface area contributed by atoms with Crippen LogP contribution in [0.25, 0.3) is 17.0 Å². The molecule has 31 heavy (non-hydrogen) atoms. The molecule has 1 aromatic heterocycles. The lowest BCUT2D eigenvalue weighted by molar-refractivity contribution is -0.130. The minimum Gasteiger partial charge on any atom is -0.497 e. The molecule has 1 N–H and O–H groups in total. The number of rotatable bonds is 6. The number of urea groups is 1. The normalized spacial score (nSPS) is 15.6. The quantitative estimate of drug-likeness (QED) is 0.490. The van der Waals surface area contributed by atoms with Gasteiger partial charge in [-0.05, 0) is 36.3 Å². The Morgan fingerprint density at radius 2 is 1.77 bits per heavy atom. The van der Waals surface area contributed by atoms with E-state index >= 15 is 0 Å². The highest BCUT2D eigenvalue weighted by Crippen LogP contribution is 2.26. The molecule has 1 fully saturated rings. The van der Waals surface area contributed by atoms with Crippen molar-refractivity contribution in [1.29, 1.82) is 0 Å². The lowest BCUT2D eigenvalue weighted by Gasteiger charge is -2.26. The summed E-state index contributed by atoms with van der Waals surface area (Å²) in [4.78, 5) is 39.0. The molecule has 4 rings (SSSR count). The highest BCUT2D eigenvalue weighted by Gasteiger charge is 2.35. The summed E-state index contributed by atoms with van der Waals surface area (Å²) in [7, 11) is 1.57.